The molecule has 0 spiro atoms. The van der Waals surface area contributed by atoms with E-state index in [0.29, 0.717) is 17.5 Å². The Morgan fingerprint density at radius 2 is 2.36 bits per heavy atom. The van der Waals surface area contributed by atoms with Gasteiger partial charge in [0.25, 0.3) is 0 Å². The molecular weight excluding hydrogens is 186 g/mol. The molecule has 6 heteroatoms. The molecule has 0 atom stereocenters. The van der Waals surface area contributed by atoms with E-state index in [4.69, 9.17) is 16.7 Å². The molecule has 1 rings (SSSR count). The lowest BCUT2D eigenvalue weighted by molar-refractivity contribution is 0.304. The van der Waals surface area contributed by atoms with Crippen LogP contribution in [-0.4, -0.2) is 34.1 Å². The first-order valence-corrected chi connectivity index (χ1v) is 4.16. The minimum Gasteiger partial charge on any atom is -0.395 e. The van der Waals surface area contributed by atoms with E-state index in [1.807, 2.05) is 0 Å². The van der Waals surface area contributed by atoms with Crippen molar-refractivity contribution >= 4 is 29.1 Å². The Bertz CT molecular complexity index is 229. The van der Waals surface area contributed by atoms with E-state index in [9.17, 15) is 0 Å². The highest BCUT2D eigenvalue weighted by atomic mass is 35.5. The van der Waals surface area contributed by atoms with E-state index < -0.39 is 0 Å². The van der Waals surface area contributed by atoms with Crippen molar-refractivity contribution in [3.05, 3.63) is 5.15 Å². The minimum absolute atomic E-state index is 0.0877. The fraction of sp³-hybridized carbons (Fsp3) is 0.600. The van der Waals surface area contributed by atoms with Crippen molar-refractivity contribution in [3.63, 3.8) is 0 Å². The Labute approximate surface area is 73.7 Å². The first kappa shape index (κ1) is 8.70. The highest BCUT2D eigenvalue weighted by Gasteiger charge is 2.08. The second kappa shape index (κ2) is 3.85. The van der Waals surface area contributed by atoms with Crippen molar-refractivity contribution in [1.82, 2.24) is 8.75 Å². The highest BCUT2D eigenvalue weighted by molar-refractivity contribution is 6.99. The minimum atomic E-state index is 0.0877. The molecule has 0 amide bonds. The van der Waals surface area contributed by atoms with Gasteiger partial charge in [-0.3, -0.25) is 0 Å². The van der Waals surface area contributed by atoms with Crippen LogP contribution in [0.25, 0.3) is 0 Å². The number of aliphatic hydroxyl groups is 1. The molecule has 1 aromatic rings. The predicted molar refractivity (Wildman–Crippen MR) is 45.3 cm³/mol. The number of likely N-dealkylation sites (N-methyl/N-ethyl adjacent to an activating group) is 1. The Hall–Kier alpha value is -0.390. The number of anilines is 1. The third-order valence-corrected chi connectivity index (χ3v) is 2.10. The second-order valence-corrected chi connectivity index (χ2v) is 2.91. The first-order valence-electron chi connectivity index (χ1n) is 3.05. The number of hydrogen-bond acceptors (Lipinski definition) is 5. The molecule has 4 nitrogen and oxygen atoms in total. The van der Waals surface area contributed by atoms with Crippen LogP contribution in [0.2, 0.25) is 5.15 Å². The van der Waals surface area contributed by atoms with Gasteiger partial charge in [-0.15, -0.1) is 0 Å². The number of aromatic nitrogens is 2. The van der Waals surface area contributed by atoms with Crippen LogP contribution < -0.4 is 4.90 Å². The molecule has 0 radical (unpaired) electrons. The molecule has 1 aromatic heterocycles. The molecule has 0 aliphatic carbocycles. The van der Waals surface area contributed by atoms with Crippen molar-refractivity contribution in [3.8, 4) is 0 Å². The lowest BCUT2D eigenvalue weighted by atomic mass is 10.5. The number of nitrogens with zero attached hydrogens (tertiary/aromatic N) is 3. The number of aliphatic hydroxyl groups excluding tert-OH is 1. The standard InChI is InChI=1S/C5H8ClN3OS/c1-9(2-3-10)5-4(6)7-11-8-5/h10H,2-3H2,1H3. The van der Waals surface area contributed by atoms with Gasteiger partial charge in [0.2, 0.25) is 0 Å². The summed E-state index contributed by atoms with van der Waals surface area (Å²) in [7, 11) is 1.80. The lowest BCUT2D eigenvalue weighted by Crippen LogP contribution is -2.21. The molecular formula is C5H8ClN3OS. The molecule has 0 saturated carbocycles. The van der Waals surface area contributed by atoms with Gasteiger partial charge in [-0.2, -0.15) is 8.75 Å². The quantitative estimate of drug-likeness (QED) is 0.765. The molecule has 0 aromatic carbocycles. The van der Waals surface area contributed by atoms with E-state index in [2.05, 4.69) is 8.75 Å². The van der Waals surface area contributed by atoms with Crippen molar-refractivity contribution in [1.29, 1.82) is 0 Å². The molecule has 0 fully saturated rings. The van der Waals surface area contributed by atoms with Crippen LogP contribution in [-0.2, 0) is 0 Å². The monoisotopic (exact) mass is 193 g/mol. The zero-order chi connectivity index (χ0) is 8.27. The van der Waals surface area contributed by atoms with E-state index in [1.54, 1.807) is 11.9 Å². The zero-order valence-electron chi connectivity index (χ0n) is 5.99. The van der Waals surface area contributed by atoms with Crippen LogP contribution in [0.3, 0.4) is 0 Å². The van der Waals surface area contributed by atoms with Gasteiger partial charge in [0.1, 0.15) is 0 Å². The van der Waals surface area contributed by atoms with Crippen LogP contribution in [0.15, 0.2) is 0 Å². The Morgan fingerprint density at radius 1 is 1.64 bits per heavy atom. The van der Waals surface area contributed by atoms with Crippen LogP contribution in [0, 0.1) is 0 Å². The van der Waals surface area contributed by atoms with Gasteiger partial charge >= 0.3 is 0 Å². The summed E-state index contributed by atoms with van der Waals surface area (Å²) in [6.07, 6.45) is 0. The zero-order valence-corrected chi connectivity index (χ0v) is 7.56. The summed E-state index contributed by atoms with van der Waals surface area (Å²) in [5, 5.41) is 8.99. The average Bonchev–Trinajstić information content (AvgIpc) is 2.36. The van der Waals surface area contributed by atoms with Crippen LogP contribution >= 0.6 is 23.3 Å². The largest absolute Gasteiger partial charge is 0.395 e. The summed E-state index contributed by atoms with van der Waals surface area (Å²) in [5.74, 6) is 0.630. The van der Waals surface area contributed by atoms with Gasteiger partial charge in [-0.1, -0.05) is 11.6 Å². The van der Waals surface area contributed by atoms with Crippen LogP contribution in [0.5, 0.6) is 0 Å². The summed E-state index contributed by atoms with van der Waals surface area (Å²) in [4.78, 5) is 1.76. The molecule has 1 heterocycles. The summed E-state index contributed by atoms with van der Waals surface area (Å²) >= 11 is 6.75. The van der Waals surface area contributed by atoms with Crippen molar-refractivity contribution in [2.24, 2.45) is 0 Å². The Kier molecular flexibility index (Phi) is 3.04. The SMILES string of the molecule is CN(CCO)c1nsnc1Cl. The van der Waals surface area contributed by atoms with Gasteiger partial charge in [-0.25, -0.2) is 0 Å². The average molecular weight is 194 g/mol. The topological polar surface area (TPSA) is 49.2 Å². The van der Waals surface area contributed by atoms with Crippen molar-refractivity contribution in [2.45, 2.75) is 0 Å². The molecule has 0 aliphatic rings. The third-order valence-electron chi connectivity index (χ3n) is 1.23. The van der Waals surface area contributed by atoms with Gasteiger partial charge in [0.15, 0.2) is 11.0 Å². The van der Waals surface area contributed by atoms with Crippen molar-refractivity contribution in [2.75, 3.05) is 25.1 Å². The van der Waals surface area contributed by atoms with E-state index in [0.717, 1.165) is 11.7 Å². The molecule has 11 heavy (non-hydrogen) atoms. The van der Waals surface area contributed by atoms with Gasteiger partial charge in [-0.05, 0) is 0 Å². The van der Waals surface area contributed by atoms with Gasteiger partial charge in [0.05, 0.1) is 18.3 Å². The molecule has 0 unspecified atom stereocenters. The Balaban J connectivity index is 2.67. The van der Waals surface area contributed by atoms with E-state index >= 15 is 0 Å². The second-order valence-electron chi connectivity index (χ2n) is 2.02. The summed E-state index contributed by atoms with van der Waals surface area (Å²) in [5.41, 5.74) is 0. The molecule has 0 saturated heterocycles. The number of hydrogen-bond donors (Lipinski definition) is 1. The summed E-state index contributed by atoms with van der Waals surface area (Å²) < 4.78 is 7.74. The van der Waals surface area contributed by atoms with Crippen LogP contribution in [0.4, 0.5) is 5.82 Å². The fourth-order valence-electron chi connectivity index (χ4n) is 0.657. The van der Waals surface area contributed by atoms with Crippen LogP contribution in [0.1, 0.15) is 0 Å². The lowest BCUT2D eigenvalue weighted by Gasteiger charge is -2.13. The maximum atomic E-state index is 8.60. The normalized spacial score (nSPS) is 10.1. The number of halogens is 1. The molecule has 0 aliphatic heterocycles. The molecule has 1 N–H and O–H groups in total. The third kappa shape index (κ3) is 2.02. The molecule has 0 bridgehead atoms. The fourth-order valence-corrected chi connectivity index (χ4v) is 1.48. The highest BCUT2D eigenvalue weighted by Crippen LogP contribution is 2.20. The van der Waals surface area contributed by atoms with Gasteiger partial charge in [0, 0.05) is 13.6 Å². The van der Waals surface area contributed by atoms with Gasteiger partial charge < -0.3 is 10.0 Å². The van der Waals surface area contributed by atoms with Crippen molar-refractivity contribution < 1.29 is 5.11 Å². The Morgan fingerprint density at radius 3 is 2.82 bits per heavy atom. The van der Waals surface area contributed by atoms with E-state index in [-0.39, 0.29) is 6.61 Å². The maximum Gasteiger partial charge on any atom is 0.187 e. The first-order chi connectivity index (χ1) is 5.25. The molecule has 62 valence electrons. The predicted octanol–water partition coefficient (Wildman–Crippen LogP) is 0.620. The summed E-state index contributed by atoms with van der Waals surface area (Å²) in [6.45, 7) is 0.607. The maximum absolute atomic E-state index is 8.60. The van der Waals surface area contributed by atoms with E-state index in [1.165, 1.54) is 0 Å². The smallest absolute Gasteiger partial charge is 0.187 e. The number of rotatable bonds is 3. The summed E-state index contributed by atoms with van der Waals surface area (Å²) in [6, 6.07) is 0.